The monoisotopic (exact) mass is 251 g/mol. The van der Waals surface area contributed by atoms with Crippen LogP contribution < -0.4 is 0 Å². The van der Waals surface area contributed by atoms with E-state index in [1.54, 1.807) is 12.2 Å². The van der Waals surface area contributed by atoms with Gasteiger partial charge in [0.15, 0.2) is 4.32 Å². The van der Waals surface area contributed by atoms with Crippen LogP contribution in [0.4, 0.5) is 0 Å². The summed E-state index contributed by atoms with van der Waals surface area (Å²) in [6.45, 7) is 2.68. The Balaban J connectivity index is 3.58. The van der Waals surface area contributed by atoms with Gasteiger partial charge < -0.3 is 4.74 Å². The first-order valence-corrected chi connectivity index (χ1v) is 6.10. The van der Waals surface area contributed by atoms with E-state index in [-0.39, 0.29) is 5.97 Å². The molecular formula is C9H17NO3S2. The van der Waals surface area contributed by atoms with Gasteiger partial charge in [-0.05, 0) is 13.3 Å². The van der Waals surface area contributed by atoms with Crippen LogP contribution in [0, 0.1) is 0 Å². The number of rotatable bonds is 6. The molecule has 0 heterocycles. The highest BCUT2D eigenvalue weighted by atomic mass is 32.2. The van der Waals surface area contributed by atoms with E-state index in [0.717, 1.165) is 18.7 Å². The Morgan fingerprint density at radius 1 is 1.47 bits per heavy atom. The molecule has 0 N–H and O–H groups in total. The van der Waals surface area contributed by atoms with Crippen molar-refractivity contribution < 1.29 is 14.4 Å². The molecule has 0 atom stereocenters. The Kier molecular flexibility index (Phi) is 8.74. The third kappa shape index (κ3) is 6.70. The van der Waals surface area contributed by atoms with Gasteiger partial charge in [-0.3, -0.25) is 9.63 Å². The summed E-state index contributed by atoms with van der Waals surface area (Å²) in [5.41, 5.74) is 0. The highest BCUT2D eigenvalue weighted by Gasteiger charge is 2.07. The molecule has 0 aromatic rings. The number of ether oxygens (including phenoxy) is 1. The van der Waals surface area contributed by atoms with Crippen molar-refractivity contribution in [3.63, 3.8) is 0 Å². The van der Waals surface area contributed by atoms with Gasteiger partial charge in [0.05, 0.1) is 14.2 Å². The molecule has 0 aliphatic carbocycles. The van der Waals surface area contributed by atoms with E-state index in [4.69, 9.17) is 17.1 Å². The molecule has 0 fully saturated rings. The summed E-state index contributed by atoms with van der Waals surface area (Å²) in [6.07, 6.45) is 1.20. The second-order valence-corrected chi connectivity index (χ2v) is 4.40. The fourth-order valence-corrected chi connectivity index (χ4v) is 2.15. The minimum atomic E-state index is -0.180. The van der Waals surface area contributed by atoms with E-state index in [1.807, 2.05) is 6.92 Å². The largest absolute Gasteiger partial charge is 0.469 e. The number of hydrogen-bond donors (Lipinski definition) is 0. The van der Waals surface area contributed by atoms with Gasteiger partial charge in [0, 0.05) is 18.7 Å². The molecule has 0 aromatic heterocycles. The molecule has 88 valence electrons. The number of carbonyl (C=O) groups excluding carboxylic acids is 1. The van der Waals surface area contributed by atoms with Crippen molar-refractivity contribution in [1.29, 1.82) is 0 Å². The van der Waals surface area contributed by atoms with Gasteiger partial charge in [-0.2, -0.15) is 0 Å². The predicted molar refractivity (Wildman–Crippen MR) is 65.7 cm³/mol. The van der Waals surface area contributed by atoms with Crippen molar-refractivity contribution in [3.05, 3.63) is 0 Å². The summed E-state index contributed by atoms with van der Waals surface area (Å²) >= 11 is 6.64. The minimum absolute atomic E-state index is 0.180. The molecule has 4 nitrogen and oxygen atoms in total. The molecule has 0 spiro atoms. The number of methoxy groups -OCH3 is 1. The summed E-state index contributed by atoms with van der Waals surface area (Å²) in [4.78, 5) is 15.8. The van der Waals surface area contributed by atoms with Crippen LogP contribution in [0.1, 0.15) is 19.8 Å². The number of carbonyl (C=O) groups is 1. The lowest BCUT2D eigenvalue weighted by Crippen LogP contribution is -2.25. The number of hydrogen-bond acceptors (Lipinski definition) is 5. The first kappa shape index (κ1) is 14.7. The zero-order valence-electron chi connectivity index (χ0n) is 9.32. The molecule has 15 heavy (non-hydrogen) atoms. The average molecular weight is 251 g/mol. The van der Waals surface area contributed by atoms with E-state index in [1.165, 1.54) is 18.9 Å². The summed E-state index contributed by atoms with van der Waals surface area (Å²) in [6, 6.07) is 0. The average Bonchev–Trinajstić information content (AvgIpc) is 2.25. The molecule has 0 aliphatic heterocycles. The summed E-state index contributed by atoms with van der Waals surface area (Å²) < 4.78 is 5.23. The quantitative estimate of drug-likeness (QED) is 0.310. The Bertz CT molecular complexity index is 208. The van der Waals surface area contributed by atoms with Gasteiger partial charge in [-0.1, -0.05) is 24.0 Å². The van der Waals surface area contributed by atoms with Crippen molar-refractivity contribution >= 4 is 34.3 Å². The molecule has 0 aromatic carbocycles. The fraction of sp³-hybridized carbons (Fsp3) is 0.778. The highest BCUT2D eigenvalue weighted by Crippen LogP contribution is 2.11. The Labute approximate surface area is 100 Å². The zero-order chi connectivity index (χ0) is 11.7. The number of nitrogens with zero attached hydrogens (tertiary/aromatic N) is 1. The van der Waals surface area contributed by atoms with Crippen LogP contribution in [0.5, 0.6) is 0 Å². The predicted octanol–water partition coefficient (Wildman–Crippen LogP) is 1.84. The molecule has 0 radical (unpaired) electrons. The molecule has 6 heteroatoms. The van der Waals surface area contributed by atoms with Crippen molar-refractivity contribution in [1.82, 2.24) is 5.06 Å². The van der Waals surface area contributed by atoms with E-state index in [0.29, 0.717) is 10.7 Å². The van der Waals surface area contributed by atoms with Crippen LogP contribution in [-0.4, -0.2) is 41.9 Å². The van der Waals surface area contributed by atoms with Crippen molar-refractivity contribution in [2.75, 3.05) is 26.5 Å². The number of thiocarbonyl (C=S) groups is 1. The molecule has 0 rings (SSSR count). The first-order chi connectivity index (χ1) is 7.15. The van der Waals surface area contributed by atoms with Gasteiger partial charge in [0.25, 0.3) is 0 Å². The molecular weight excluding hydrogens is 234 g/mol. The molecule has 0 saturated heterocycles. The molecule has 0 aliphatic rings. The Morgan fingerprint density at radius 3 is 2.60 bits per heavy atom. The van der Waals surface area contributed by atoms with Crippen molar-refractivity contribution in [2.24, 2.45) is 0 Å². The van der Waals surface area contributed by atoms with Gasteiger partial charge in [-0.25, -0.2) is 5.06 Å². The summed E-state index contributed by atoms with van der Waals surface area (Å²) in [5.74, 6) is 0.619. The van der Waals surface area contributed by atoms with Crippen LogP contribution in [0.2, 0.25) is 0 Å². The van der Waals surface area contributed by atoms with Crippen LogP contribution in [0.15, 0.2) is 0 Å². The number of esters is 1. The lowest BCUT2D eigenvalue weighted by molar-refractivity contribution is -0.140. The maximum absolute atomic E-state index is 10.8. The topological polar surface area (TPSA) is 38.8 Å². The molecule has 0 bridgehead atoms. The van der Waals surface area contributed by atoms with Crippen LogP contribution in [0.25, 0.3) is 0 Å². The van der Waals surface area contributed by atoms with Gasteiger partial charge in [-0.15, -0.1) is 0 Å². The number of hydroxylamine groups is 2. The lowest BCUT2D eigenvalue weighted by Gasteiger charge is -2.19. The van der Waals surface area contributed by atoms with Gasteiger partial charge >= 0.3 is 5.97 Å². The van der Waals surface area contributed by atoms with Gasteiger partial charge in [0.1, 0.15) is 0 Å². The third-order valence-corrected chi connectivity index (χ3v) is 3.19. The van der Waals surface area contributed by atoms with Crippen LogP contribution in [0.3, 0.4) is 0 Å². The zero-order valence-corrected chi connectivity index (χ0v) is 10.9. The second-order valence-electron chi connectivity index (χ2n) is 2.67. The minimum Gasteiger partial charge on any atom is -0.469 e. The summed E-state index contributed by atoms with van der Waals surface area (Å²) in [5, 5.41) is 1.64. The highest BCUT2D eigenvalue weighted by molar-refractivity contribution is 8.22. The number of thioether (sulfide) groups is 1. The van der Waals surface area contributed by atoms with Crippen LogP contribution >= 0.6 is 24.0 Å². The molecule has 0 unspecified atom stereocenters. The van der Waals surface area contributed by atoms with E-state index >= 15 is 0 Å². The second kappa shape index (κ2) is 8.94. The Hall–Kier alpha value is -0.330. The maximum atomic E-state index is 10.8. The standard InChI is InChI=1S/C9H17NO3S2/c1-4-10(13-3)9(14)15-7-5-6-8(11)12-2/h4-7H2,1-3H3. The van der Waals surface area contributed by atoms with Crippen molar-refractivity contribution in [3.8, 4) is 0 Å². The van der Waals surface area contributed by atoms with E-state index in [2.05, 4.69) is 4.74 Å². The van der Waals surface area contributed by atoms with Crippen LogP contribution in [-0.2, 0) is 14.4 Å². The smallest absolute Gasteiger partial charge is 0.305 e. The molecule has 0 amide bonds. The fourth-order valence-electron chi connectivity index (χ4n) is 0.883. The normalized spacial score (nSPS) is 9.80. The van der Waals surface area contributed by atoms with Gasteiger partial charge in [0.2, 0.25) is 0 Å². The third-order valence-electron chi connectivity index (χ3n) is 1.69. The molecule has 0 saturated carbocycles. The summed E-state index contributed by atoms with van der Waals surface area (Å²) in [7, 11) is 2.98. The Morgan fingerprint density at radius 2 is 2.13 bits per heavy atom. The lowest BCUT2D eigenvalue weighted by atomic mass is 10.3. The van der Waals surface area contributed by atoms with E-state index < -0.39 is 0 Å². The SMILES string of the molecule is CCN(OC)C(=S)SCCCC(=O)OC. The maximum Gasteiger partial charge on any atom is 0.305 e. The van der Waals surface area contributed by atoms with E-state index in [9.17, 15) is 4.79 Å². The first-order valence-electron chi connectivity index (χ1n) is 4.70. The van der Waals surface area contributed by atoms with Crippen molar-refractivity contribution in [2.45, 2.75) is 19.8 Å².